The van der Waals surface area contributed by atoms with Gasteiger partial charge in [-0.3, -0.25) is 9.59 Å². The molecule has 0 aromatic heterocycles. The molecule has 3 aromatic carbocycles. The van der Waals surface area contributed by atoms with Gasteiger partial charge in [0.05, 0.1) is 12.3 Å². The number of carbonyl (C=O) groups excluding carboxylic acids is 2. The van der Waals surface area contributed by atoms with Gasteiger partial charge in [-0.05, 0) is 48.9 Å². The van der Waals surface area contributed by atoms with Gasteiger partial charge in [0, 0.05) is 17.3 Å². The van der Waals surface area contributed by atoms with E-state index >= 15 is 0 Å². The van der Waals surface area contributed by atoms with Crippen molar-refractivity contribution in [3.8, 4) is 11.5 Å². The lowest BCUT2D eigenvalue weighted by molar-refractivity contribution is -0.123. The number of anilines is 2. The number of nitrogens with one attached hydrogen (secondary N) is 2. The third-order valence-electron chi connectivity index (χ3n) is 4.71. The van der Waals surface area contributed by atoms with Crippen LogP contribution in [0.1, 0.15) is 24.2 Å². The Morgan fingerprint density at radius 3 is 2.61 bits per heavy atom. The first-order valence-electron chi connectivity index (χ1n) is 10.0. The molecule has 0 aliphatic carbocycles. The lowest BCUT2D eigenvalue weighted by atomic mass is 10.1. The highest BCUT2D eigenvalue weighted by molar-refractivity contribution is 6.03. The molecule has 1 atom stereocenters. The molecule has 0 fully saturated rings. The molecule has 3 aromatic rings. The third kappa shape index (κ3) is 4.93. The molecule has 2 N–H and O–H groups in total. The van der Waals surface area contributed by atoms with E-state index in [4.69, 9.17) is 9.47 Å². The fourth-order valence-electron chi connectivity index (χ4n) is 3.23. The molecule has 156 valence electrons. The summed E-state index contributed by atoms with van der Waals surface area (Å²) in [5.41, 5.74) is 2.74. The van der Waals surface area contributed by atoms with E-state index in [9.17, 15) is 9.59 Å². The number of carbonyl (C=O) groups is 2. The molecule has 4 rings (SSSR count). The highest BCUT2D eigenvalue weighted by atomic mass is 16.5. The monoisotopic (exact) mass is 414 g/mol. The van der Waals surface area contributed by atoms with Gasteiger partial charge < -0.3 is 20.1 Å². The quantitative estimate of drug-likeness (QED) is 0.568. The predicted octanol–water partition coefficient (Wildman–Crippen LogP) is 4.81. The summed E-state index contributed by atoms with van der Waals surface area (Å²) >= 11 is 0. The normalized spacial score (nSPS) is 15.0. The molecule has 2 amide bonds. The molecule has 0 radical (unpaired) electrons. The fraction of sp³-hybridized carbons (Fsp3) is 0.120. The van der Waals surface area contributed by atoms with Crippen molar-refractivity contribution in [1.82, 2.24) is 0 Å². The molecule has 0 saturated carbocycles. The molecule has 0 spiro atoms. The summed E-state index contributed by atoms with van der Waals surface area (Å²) in [6.07, 6.45) is 2.47. The van der Waals surface area contributed by atoms with Gasteiger partial charge in [-0.1, -0.05) is 42.5 Å². The second-order valence-electron chi connectivity index (χ2n) is 6.93. The molecule has 0 saturated heterocycles. The number of benzene rings is 3. The van der Waals surface area contributed by atoms with Crippen LogP contribution in [0, 0.1) is 0 Å². The Morgan fingerprint density at radius 2 is 1.87 bits per heavy atom. The smallest absolute Gasteiger partial charge is 0.270 e. The Hall–Kier alpha value is -4.06. The summed E-state index contributed by atoms with van der Waals surface area (Å²) in [4.78, 5) is 24.8. The van der Waals surface area contributed by atoms with Crippen LogP contribution < -0.4 is 20.1 Å². The van der Waals surface area contributed by atoms with Crippen molar-refractivity contribution in [2.45, 2.75) is 13.0 Å². The Kier molecular flexibility index (Phi) is 5.98. The summed E-state index contributed by atoms with van der Waals surface area (Å²) < 4.78 is 11.3. The van der Waals surface area contributed by atoms with Crippen molar-refractivity contribution in [1.29, 1.82) is 0 Å². The van der Waals surface area contributed by atoms with E-state index in [2.05, 4.69) is 10.6 Å². The summed E-state index contributed by atoms with van der Waals surface area (Å²) in [5, 5.41) is 5.64. The predicted molar refractivity (Wildman–Crippen MR) is 120 cm³/mol. The molecule has 6 heteroatoms. The first kappa shape index (κ1) is 20.2. The number of fused-ring (bicyclic) bond motifs is 1. The second-order valence-corrected chi connectivity index (χ2v) is 6.93. The lowest BCUT2D eigenvalue weighted by Gasteiger charge is -2.26. The number of ether oxygens (including phenoxy) is 2. The number of hydrogen-bond donors (Lipinski definition) is 2. The molecular formula is C25H22N2O4. The van der Waals surface area contributed by atoms with Crippen LogP contribution in [0.15, 0.2) is 78.9 Å². The van der Waals surface area contributed by atoms with E-state index in [1.54, 1.807) is 24.3 Å². The van der Waals surface area contributed by atoms with Crippen LogP contribution in [-0.4, -0.2) is 18.4 Å². The molecule has 0 bridgehead atoms. The van der Waals surface area contributed by atoms with Gasteiger partial charge in [0.25, 0.3) is 5.91 Å². The average molecular weight is 414 g/mol. The van der Waals surface area contributed by atoms with Gasteiger partial charge in [-0.15, -0.1) is 0 Å². The summed E-state index contributed by atoms with van der Waals surface area (Å²) in [7, 11) is 0. The largest absolute Gasteiger partial charge is 0.494 e. The minimum atomic E-state index is -0.703. The SMILES string of the molecule is CCOc1ccc(/C=C/C(=O)Nc2ccc3c(c2)NC(=O)C(c2ccccc2)O3)cc1. The molecular weight excluding hydrogens is 392 g/mol. The van der Waals surface area contributed by atoms with Crippen molar-refractivity contribution < 1.29 is 19.1 Å². The van der Waals surface area contributed by atoms with Crippen LogP contribution in [0.25, 0.3) is 6.08 Å². The van der Waals surface area contributed by atoms with E-state index in [1.807, 2.05) is 61.5 Å². The lowest BCUT2D eigenvalue weighted by Crippen LogP contribution is -2.30. The van der Waals surface area contributed by atoms with Gasteiger partial charge in [-0.2, -0.15) is 0 Å². The van der Waals surface area contributed by atoms with Crippen LogP contribution in [0.3, 0.4) is 0 Å². The molecule has 1 unspecified atom stereocenters. The summed E-state index contributed by atoms with van der Waals surface area (Å²) in [5.74, 6) is 0.810. The molecule has 1 heterocycles. The van der Waals surface area contributed by atoms with Crippen LogP contribution >= 0.6 is 0 Å². The minimum absolute atomic E-state index is 0.252. The summed E-state index contributed by atoms with van der Waals surface area (Å²) in [6.45, 7) is 2.54. The van der Waals surface area contributed by atoms with Gasteiger partial charge in [0.1, 0.15) is 11.5 Å². The van der Waals surface area contributed by atoms with Crippen LogP contribution in [0.2, 0.25) is 0 Å². The van der Waals surface area contributed by atoms with Crippen LogP contribution in [0.5, 0.6) is 11.5 Å². The van der Waals surface area contributed by atoms with E-state index in [1.165, 1.54) is 6.08 Å². The molecule has 6 nitrogen and oxygen atoms in total. The maximum Gasteiger partial charge on any atom is 0.270 e. The van der Waals surface area contributed by atoms with Crippen LogP contribution in [0.4, 0.5) is 11.4 Å². The Balaban J connectivity index is 1.41. The number of hydrogen-bond acceptors (Lipinski definition) is 4. The van der Waals surface area contributed by atoms with E-state index < -0.39 is 6.10 Å². The Labute approximate surface area is 180 Å². The van der Waals surface area contributed by atoms with Crippen molar-refractivity contribution in [2.24, 2.45) is 0 Å². The third-order valence-corrected chi connectivity index (χ3v) is 4.71. The van der Waals surface area contributed by atoms with Gasteiger partial charge >= 0.3 is 0 Å². The number of amides is 2. The zero-order chi connectivity index (χ0) is 21.6. The topological polar surface area (TPSA) is 76.7 Å². The average Bonchev–Trinajstić information content (AvgIpc) is 2.79. The number of rotatable bonds is 6. The maximum absolute atomic E-state index is 12.5. The van der Waals surface area contributed by atoms with Gasteiger partial charge in [-0.25, -0.2) is 0 Å². The molecule has 1 aliphatic heterocycles. The molecule has 31 heavy (non-hydrogen) atoms. The van der Waals surface area contributed by atoms with Crippen molar-refractivity contribution in [2.75, 3.05) is 17.2 Å². The first-order valence-corrected chi connectivity index (χ1v) is 10.0. The standard InChI is InChI=1S/C25H22N2O4/c1-2-30-20-12-8-17(9-13-20)10-15-23(28)26-19-11-14-22-21(16-19)27-25(29)24(31-22)18-6-4-3-5-7-18/h3-16,24H,2H2,1H3,(H,26,28)(H,27,29)/b15-10+. The van der Waals surface area contributed by atoms with E-state index in [0.29, 0.717) is 23.7 Å². The van der Waals surface area contributed by atoms with E-state index in [-0.39, 0.29) is 11.8 Å². The van der Waals surface area contributed by atoms with Crippen molar-refractivity contribution in [3.05, 3.63) is 90.0 Å². The highest BCUT2D eigenvalue weighted by Gasteiger charge is 2.29. The van der Waals surface area contributed by atoms with Crippen LogP contribution in [-0.2, 0) is 9.59 Å². The zero-order valence-electron chi connectivity index (χ0n) is 17.0. The first-order chi connectivity index (χ1) is 15.1. The zero-order valence-corrected chi connectivity index (χ0v) is 17.0. The Bertz CT molecular complexity index is 1110. The highest BCUT2D eigenvalue weighted by Crippen LogP contribution is 2.36. The Morgan fingerprint density at radius 1 is 1.10 bits per heavy atom. The van der Waals surface area contributed by atoms with Gasteiger partial charge in [0.2, 0.25) is 12.0 Å². The summed E-state index contributed by atoms with van der Waals surface area (Å²) in [6, 6.07) is 21.9. The minimum Gasteiger partial charge on any atom is -0.494 e. The second kappa shape index (κ2) is 9.17. The molecule has 1 aliphatic rings. The van der Waals surface area contributed by atoms with Gasteiger partial charge in [0.15, 0.2) is 0 Å². The van der Waals surface area contributed by atoms with E-state index in [0.717, 1.165) is 16.9 Å². The van der Waals surface area contributed by atoms with Crippen molar-refractivity contribution in [3.63, 3.8) is 0 Å². The maximum atomic E-state index is 12.5. The fourth-order valence-corrected chi connectivity index (χ4v) is 3.23. The van der Waals surface area contributed by atoms with Crippen molar-refractivity contribution >= 4 is 29.3 Å².